The molecule has 2 rings (SSSR count). The summed E-state index contributed by atoms with van der Waals surface area (Å²) in [5, 5.41) is 0. The summed E-state index contributed by atoms with van der Waals surface area (Å²) in [5.74, 6) is 1.02. The molecule has 0 heterocycles. The first-order chi connectivity index (χ1) is 5.25. The van der Waals surface area contributed by atoms with Gasteiger partial charge < -0.3 is 0 Å². The summed E-state index contributed by atoms with van der Waals surface area (Å²) >= 11 is 0. The van der Waals surface area contributed by atoms with Gasteiger partial charge in [0.15, 0.2) is 0 Å². The molecule has 0 N–H and O–H groups in total. The SMILES string of the molecule is CC1=C/C2CC2/C=C(F)/C=C\1. The molecule has 0 aromatic rings. The molecule has 2 atom stereocenters. The first kappa shape index (κ1) is 6.84. The second-order valence-corrected chi connectivity index (χ2v) is 3.36. The van der Waals surface area contributed by atoms with E-state index in [4.69, 9.17) is 0 Å². The first-order valence-electron chi connectivity index (χ1n) is 3.99. The maximum absolute atomic E-state index is 12.8. The third kappa shape index (κ3) is 1.42. The molecule has 2 aliphatic carbocycles. The Bertz CT molecular complexity index is 232. The number of fused-ring (bicyclic) bond motifs is 1. The largest absolute Gasteiger partial charge is 0.207 e. The van der Waals surface area contributed by atoms with Gasteiger partial charge in [0.1, 0.15) is 5.83 Å². The average Bonchev–Trinajstić information content (AvgIpc) is 2.60. The van der Waals surface area contributed by atoms with Gasteiger partial charge in [0.25, 0.3) is 0 Å². The first-order valence-corrected chi connectivity index (χ1v) is 3.99. The molecule has 1 heteroatoms. The highest BCUT2D eigenvalue weighted by Gasteiger charge is 2.33. The van der Waals surface area contributed by atoms with Crippen molar-refractivity contribution in [2.75, 3.05) is 0 Å². The molecule has 0 spiro atoms. The maximum Gasteiger partial charge on any atom is 0.119 e. The standard InChI is InChI=1S/C10H11F/c1-7-2-3-10(11)6-9-5-8(9)4-7/h2-4,6,8-9H,5H2,1H3/b3-2-,7-4-,10-6-. The fourth-order valence-electron chi connectivity index (χ4n) is 1.48. The van der Waals surface area contributed by atoms with Gasteiger partial charge in [-0.25, -0.2) is 4.39 Å². The fourth-order valence-corrected chi connectivity index (χ4v) is 1.48. The van der Waals surface area contributed by atoms with Crippen LogP contribution >= 0.6 is 0 Å². The normalized spacial score (nSPS) is 47.1. The van der Waals surface area contributed by atoms with Crippen LogP contribution in [0.25, 0.3) is 0 Å². The molecule has 2 aliphatic rings. The van der Waals surface area contributed by atoms with Gasteiger partial charge in [-0.15, -0.1) is 0 Å². The minimum Gasteiger partial charge on any atom is -0.207 e. The van der Waals surface area contributed by atoms with E-state index in [0.29, 0.717) is 11.8 Å². The number of allylic oxidation sites excluding steroid dienone is 6. The van der Waals surface area contributed by atoms with Gasteiger partial charge >= 0.3 is 0 Å². The second kappa shape index (κ2) is 2.33. The zero-order valence-corrected chi connectivity index (χ0v) is 6.55. The van der Waals surface area contributed by atoms with Gasteiger partial charge in [0.2, 0.25) is 0 Å². The van der Waals surface area contributed by atoms with Crippen LogP contribution in [0.2, 0.25) is 0 Å². The van der Waals surface area contributed by atoms with E-state index in [1.165, 1.54) is 5.57 Å². The molecule has 0 amide bonds. The smallest absolute Gasteiger partial charge is 0.119 e. The van der Waals surface area contributed by atoms with E-state index in [0.717, 1.165) is 6.42 Å². The van der Waals surface area contributed by atoms with E-state index >= 15 is 0 Å². The van der Waals surface area contributed by atoms with E-state index in [1.807, 2.05) is 13.0 Å². The van der Waals surface area contributed by atoms with Crippen LogP contribution in [0.5, 0.6) is 0 Å². The van der Waals surface area contributed by atoms with Crippen LogP contribution in [0.1, 0.15) is 13.3 Å². The molecule has 1 saturated carbocycles. The Morgan fingerprint density at radius 2 is 2.00 bits per heavy atom. The zero-order chi connectivity index (χ0) is 7.84. The third-order valence-electron chi connectivity index (χ3n) is 2.25. The van der Waals surface area contributed by atoms with Crippen molar-refractivity contribution in [3.05, 3.63) is 35.7 Å². The molecule has 0 radical (unpaired) electrons. The average molecular weight is 150 g/mol. The lowest BCUT2D eigenvalue weighted by atomic mass is 10.1. The predicted molar refractivity (Wildman–Crippen MR) is 43.7 cm³/mol. The summed E-state index contributed by atoms with van der Waals surface area (Å²) in [5.41, 5.74) is 1.18. The number of rotatable bonds is 0. The van der Waals surface area contributed by atoms with Gasteiger partial charge in [-0.05, 0) is 37.3 Å². The minimum absolute atomic E-state index is 0.0787. The van der Waals surface area contributed by atoms with Crippen molar-refractivity contribution < 1.29 is 4.39 Å². The molecule has 0 saturated heterocycles. The summed E-state index contributed by atoms with van der Waals surface area (Å²) in [4.78, 5) is 0. The summed E-state index contributed by atoms with van der Waals surface area (Å²) in [6, 6.07) is 0. The molecule has 0 aromatic carbocycles. The summed E-state index contributed by atoms with van der Waals surface area (Å²) in [7, 11) is 0. The van der Waals surface area contributed by atoms with Crippen molar-refractivity contribution >= 4 is 0 Å². The van der Waals surface area contributed by atoms with Gasteiger partial charge in [-0.3, -0.25) is 0 Å². The van der Waals surface area contributed by atoms with Crippen LogP contribution in [0.3, 0.4) is 0 Å². The Balaban J connectivity index is 2.28. The van der Waals surface area contributed by atoms with Gasteiger partial charge in [0, 0.05) is 0 Å². The number of hydrogen-bond acceptors (Lipinski definition) is 0. The molecule has 11 heavy (non-hydrogen) atoms. The maximum atomic E-state index is 12.8. The lowest BCUT2D eigenvalue weighted by Gasteiger charge is -1.95. The quantitative estimate of drug-likeness (QED) is 0.498. The Morgan fingerprint density at radius 1 is 1.27 bits per heavy atom. The highest BCUT2D eigenvalue weighted by Crippen LogP contribution is 2.43. The minimum atomic E-state index is -0.0787. The van der Waals surface area contributed by atoms with Crippen molar-refractivity contribution in [2.24, 2.45) is 11.8 Å². The summed E-state index contributed by atoms with van der Waals surface area (Å²) < 4.78 is 12.8. The molecule has 1 fully saturated rings. The van der Waals surface area contributed by atoms with Crippen LogP contribution in [0, 0.1) is 11.8 Å². The van der Waals surface area contributed by atoms with Crippen molar-refractivity contribution in [3.63, 3.8) is 0 Å². The Morgan fingerprint density at radius 3 is 2.82 bits per heavy atom. The predicted octanol–water partition coefficient (Wildman–Crippen LogP) is 2.99. The lowest BCUT2D eigenvalue weighted by molar-refractivity contribution is 0.655. The molecule has 0 bridgehead atoms. The monoisotopic (exact) mass is 150 g/mol. The van der Waals surface area contributed by atoms with Gasteiger partial charge in [0.05, 0.1) is 0 Å². The second-order valence-electron chi connectivity index (χ2n) is 3.36. The molecular weight excluding hydrogens is 139 g/mol. The molecular formula is C10H11F. The van der Waals surface area contributed by atoms with E-state index in [9.17, 15) is 4.39 Å². The van der Waals surface area contributed by atoms with E-state index in [-0.39, 0.29) is 5.83 Å². The Kier molecular flexibility index (Phi) is 1.45. The lowest BCUT2D eigenvalue weighted by Crippen LogP contribution is -1.81. The van der Waals surface area contributed by atoms with Crippen LogP contribution in [-0.2, 0) is 0 Å². The van der Waals surface area contributed by atoms with Crippen molar-refractivity contribution in [2.45, 2.75) is 13.3 Å². The van der Waals surface area contributed by atoms with Crippen LogP contribution in [-0.4, -0.2) is 0 Å². The summed E-state index contributed by atoms with van der Waals surface area (Å²) in [6.45, 7) is 2.02. The number of halogens is 1. The molecule has 0 nitrogen and oxygen atoms in total. The van der Waals surface area contributed by atoms with Crippen molar-refractivity contribution in [3.8, 4) is 0 Å². The Labute approximate surface area is 66.1 Å². The van der Waals surface area contributed by atoms with E-state index in [1.54, 1.807) is 12.2 Å². The number of hydrogen-bond donors (Lipinski definition) is 0. The van der Waals surface area contributed by atoms with E-state index < -0.39 is 0 Å². The highest BCUT2D eigenvalue weighted by molar-refractivity contribution is 5.30. The van der Waals surface area contributed by atoms with Crippen LogP contribution in [0.4, 0.5) is 4.39 Å². The molecule has 0 aliphatic heterocycles. The molecule has 0 aromatic heterocycles. The van der Waals surface area contributed by atoms with Crippen molar-refractivity contribution in [1.82, 2.24) is 0 Å². The molecule has 58 valence electrons. The van der Waals surface area contributed by atoms with Gasteiger partial charge in [-0.1, -0.05) is 17.7 Å². The zero-order valence-electron chi connectivity index (χ0n) is 6.55. The van der Waals surface area contributed by atoms with Crippen LogP contribution < -0.4 is 0 Å². The van der Waals surface area contributed by atoms with Gasteiger partial charge in [-0.2, -0.15) is 0 Å². The topological polar surface area (TPSA) is 0 Å². The van der Waals surface area contributed by atoms with E-state index in [2.05, 4.69) is 6.08 Å². The van der Waals surface area contributed by atoms with Crippen LogP contribution in [0.15, 0.2) is 35.7 Å². The third-order valence-corrected chi connectivity index (χ3v) is 2.25. The Hall–Kier alpha value is -0.850. The highest BCUT2D eigenvalue weighted by atomic mass is 19.1. The van der Waals surface area contributed by atoms with Crippen molar-refractivity contribution in [1.29, 1.82) is 0 Å². The fraction of sp³-hybridized carbons (Fsp3) is 0.400. The summed E-state index contributed by atoms with van der Waals surface area (Å²) in [6.07, 6.45) is 8.46. The molecule has 2 unspecified atom stereocenters.